The molecule has 6 rings (SSSR count). The zero-order chi connectivity index (χ0) is 45.2. The van der Waals surface area contributed by atoms with Crippen molar-refractivity contribution in [2.24, 2.45) is 5.41 Å². The Bertz CT molecular complexity index is 2200. The summed E-state index contributed by atoms with van der Waals surface area (Å²) in [6.45, 7) is 16.8. The predicted molar refractivity (Wildman–Crippen MR) is 248 cm³/mol. The first-order chi connectivity index (χ1) is 30.1. The van der Waals surface area contributed by atoms with Crippen LogP contribution in [0.2, 0.25) is 0 Å². The number of thioether (sulfide) groups is 1. The van der Waals surface area contributed by atoms with Crippen LogP contribution >= 0.6 is 11.8 Å². The molecule has 2 saturated heterocycles. The van der Waals surface area contributed by atoms with Gasteiger partial charge in [0.25, 0.3) is 15.7 Å². The van der Waals surface area contributed by atoms with Crippen LogP contribution in [0.5, 0.6) is 0 Å². The van der Waals surface area contributed by atoms with Gasteiger partial charge in [-0.2, -0.15) is 13.2 Å². The number of nitrogens with zero attached hydrogens (tertiary/aromatic N) is 3. The number of carbonyl (C=O) groups excluding carboxylic acids is 1. The summed E-state index contributed by atoms with van der Waals surface area (Å²) in [6, 6.07) is 19.2. The maximum absolute atomic E-state index is 14.1. The number of allylic oxidation sites excluding steroid dienone is 3. The number of amides is 1. The molecule has 2 heterocycles. The summed E-state index contributed by atoms with van der Waals surface area (Å²) in [5.74, 6) is -0.273. The van der Waals surface area contributed by atoms with Gasteiger partial charge in [-0.1, -0.05) is 57.0 Å². The van der Waals surface area contributed by atoms with E-state index in [1.165, 1.54) is 35.9 Å². The third-order valence-corrected chi connectivity index (χ3v) is 15.9. The molecule has 2 aliphatic heterocycles. The molecule has 1 amide bonds. The van der Waals surface area contributed by atoms with Crippen molar-refractivity contribution in [3.05, 3.63) is 101 Å². The summed E-state index contributed by atoms with van der Waals surface area (Å²) in [5, 5.41) is 3.08. The van der Waals surface area contributed by atoms with Crippen LogP contribution in [-0.2, 0) is 25.6 Å². The van der Waals surface area contributed by atoms with Crippen molar-refractivity contribution < 1.29 is 35.3 Å². The number of benzene rings is 3. The van der Waals surface area contributed by atoms with E-state index in [-0.39, 0.29) is 16.1 Å². The Kier molecular flexibility index (Phi) is 17.0. The standard InChI is InChI=1S/C47H62F3N5O5S3/c1-5-10-35(6-2)42-32-46(3,4)21-19-37(42)33-54-23-25-55(26-24-54)39-15-13-36(14-16-39)45(56)52-62(57)41-17-18-43(44(31-41)63(58,59)47(48,49)50)51-38(20-22-53-27-29-60-30-28-53)34-61-40-11-8-7-9-12-40/h6-9,11-18,31,38,51H,5,10,19-30,32-34H2,1-4H3,(H,52,56)/b35-6+. The molecule has 344 valence electrons. The third kappa shape index (κ3) is 13.2. The summed E-state index contributed by atoms with van der Waals surface area (Å²) in [7, 11) is -8.26. The van der Waals surface area contributed by atoms with Crippen LogP contribution in [0.3, 0.4) is 0 Å². The van der Waals surface area contributed by atoms with Crippen LogP contribution in [0.15, 0.2) is 110 Å². The molecule has 3 aromatic carbocycles. The number of nitrogens with one attached hydrogen (secondary N) is 2. The normalized spacial score (nSPS) is 19.2. The molecule has 0 spiro atoms. The Hall–Kier alpha value is -3.67. The number of halogens is 3. The average Bonchev–Trinajstić information content (AvgIpc) is 3.27. The number of morpholine rings is 1. The molecule has 2 unspecified atom stereocenters. The van der Waals surface area contributed by atoms with Gasteiger partial charge in [0, 0.05) is 80.3 Å². The number of hydrogen-bond donors (Lipinski definition) is 2. The van der Waals surface area contributed by atoms with E-state index in [9.17, 15) is 30.6 Å². The maximum atomic E-state index is 14.1. The highest BCUT2D eigenvalue weighted by Gasteiger charge is 2.48. The number of anilines is 2. The van der Waals surface area contributed by atoms with Crippen molar-refractivity contribution >= 4 is 49.9 Å². The highest BCUT2D eigenvalue weighted by Crippen LogP contribution is 2.43. The Morgan fingerprint density at radius 2 is 1.67 bits per heavy atom. The van der Waals surface area contributed by atoms with Gasteiger partial charge in [-0.05, 0) is 110 Å². The number of ether oxygens (including phenoxy) is 1. The largest absolute Gasteiger partial charge is 0.501 e. The zero-order valence-corrected chi connectivity index (χ0v) is 39.3. The number of piperazine rings is 1. The quantitative estimate of drug-likeness (QED) is 0.120. The van der Waals surface area contributed by atoms with E-state index in [1.54, 1.807) is 23.3 Å². The number of hydrogen-bond acceptors (Lipinski definition) is 10. The van der Waals surface area contributed by atoms with E-state index in [0.717, 1.165) is 88.1 Å². The minimum atomic E-state index is -5.89. The lowest BCUT2D eigenvalue weighted by atomic mass is 9.71. The molecular formula is C47H62F3N5O5S3. The topological polar surface area (TPSA) is 111 Å². The maximum Gasteiger partial charge on any atom is 0.501 e. The highest BCUT2D eigenvalue weighted by atomic mass is 32.2. The number of sulfone groups is 1. The van der Waals surface area contributed by atoms with Crippen molar-refractivity contribution in [1.82, 2.24) is 14.5 Å². The van der Waals surface area contributed by atoms with Crippen LogP contribution < -0.4 is 14.9 Å². The molecular weight excluding hydrogens is 868 g/mol. The number of rotatable bonds is 18. The lowest BCUT2D eigenvalue weighted by molar-refractivity contribution is -0.0435. The van der Waals surface area contributed by atoms with Crippen LogP contribution in [0.4, 0.5) is 24.5 Å². The van der Waals surface area contributed by atoms with Crippen molar-refractivity contribution in [3.8, 4) is 0 Å². The minimum absolute atomic E-state index is 0.206. The lowest BCUT2D eigenvalue weighted by Gasteiger charge is -2.39. The van der Waals surface area contributed by atoms with Crippen molar-refractivity contribution in [2.45, 2.75) is 92.5 Å². The SMILES string of the molecule is C/C=C(\CCC)C1=C(CN2CCN(c3ccc(C(=O)NS(=O)c4ccc(NC(CCN5CCOCC5)CSc5ccccc5)c(S(=O)(=O)C(F)(F)F)c4)cc3)CC2)CCC(C)(C)C1. The van der Waals surface area contributed by atoms with Crippen molar-refractivity contribution in [1.29, 1.82) is 0 Å². The Morgan fingerprint density at radius 3 is 2.32 bits per heavy atom. The molecule has 2 N–H and O–H groups in total. The van der Waals surface area contributed by atoms with Gasteiger partial charge in [0.05, 0.1) is 23.8 Å². The van der Waals surface area contributed by atoms with Crippen LogP contribution in [-0.4, -0.2) is 111 Å². The van der Waals surface area contributed by atoms with E-state index in [2.05, 4.69) is 58.5 Å². The van der Waals surface area contributed by atoms with Gasteiger partial charge in [-0.25, -0.2) is 12.6 Å². The molecule has 16 heteroatoms. The summed E-state index contributed by atoms with van der Waals surface area (Å²) in [4.78, 5) is 19.9. The molecule has 10 nitrogen and oxygen atoms in total. The molecule has 0 aromatic heterocycles. The zero-order valence-electron chi connectivity index (χ0n) is 36.8. The predicted octanol–water partition coefficient (Wildman–Crippen LogP) is 9.10. The van der Waals surface area contributed by atoms with Gasteiger partial charge >= 0.3 is 5.51 Å². The second kappa shape index (κ2) is 22.0. The number of carbonyl (C=O) groups is 1. The molecule has 0 radical (unpaired) electrons. The fourth-order valence-electron chi connectivity index (χ4n) is 8.42. The van der Waals surface area contributed by atoms with Gasteiger partial charge in [0.15, 0.2) is 11.0 Å². The second-order valence-corrected chi connectivity index (χ2v) is 21.5. The number of alkyl halides is 3. The van der Waals surface area contributed by atoms with Gasteiger partial charge in [-0.3, -0.25) is 19.3 Å². The van der Waals surface area contributed by atoms with E-state index in [4.69, 9.17) is 4.74 Å². The van der Waals surface area contributed by atoms with Gasteiger partial charge < -0.3 is 15.0 Å². The molecule has 63 heavy (non-hydrogen) atoms. The average molecular weight is 930 g/mol. The van der Waals surface area contributed by atoms with Gasteiger partial charge in [-0.15, -0.1) is 11.8 Å². The first-order valence-electron chi connectivity index (χ1n) is 21.9. The second-order valence-electron chi connectivity index (χ2n) is 17.3. The van der Waals surface area contributed by atoms with Crippen molar-refractivity contribution in [2.75, 3.05) is 81.5 Å². The fourth-order valence-corrected chi connectivity index (χ4v) is 11.3. The molecule has 3 aromatic rings. The summed E-state index contributed by atoms with van der Waals surface area (Å²) < 4.78 is 89.8. The Balaban J connectivity index is 1.10. The monoisotopic (exact) mass is 929 g/mol. The van der Waals surface area contributed by atoms with Crippen LogP contribution in [0.25, 0.3) is 0 Å². The third-order valence-electron chi connectivity index (χ3n) is 12.1. The molecule has 0 saturated carbocycles. The van der Waals surface area contributed by atoms with E-state index >= 15 is 0 Å². The summed E-state index contributed by atoms with van der Waals surface area (Å²) in [5.41, 5.74) is 0.194. The molecule has 3 aliphatic rings. The molecule has 0 bridgehead atoms. The van der Waals surface area contributed by atoms with Crippen LogP contribution in [0.1, 0.15) is 76.6 Å². The molecule has 1 aliphatic carbocycles. The first-order valence-corrected chi connectivity index (χ1v) is 25.5. The van der Waals surface area contributed by atoms with Crippen molar-refractivity contribution in [3.63, 3.8) is 0 Å². The Morgan fingerprint density at radius 1 is 0.968 bits per heavy atom. The summed E-state index contributed by atoms with van der Waals surface area (Å²) in [6.07, 6.45) is 8.48. The lowest BCUT2D eigenvalue weighted by Crippen LogP contribution is -2.47. The van der Waals surface area contributed by atoms with E-state index < -0.39 is 43.2 Å². The summed E-state index contributed by atoms with van der Waals surface area (Å²) >= 11 is 1.50. The molecule has 2 fully saturated rings. The van der Waals surface area contributed by atoms with Gasteiger partial charge in [0.2, 0.25) is 0 Å². The van der Waals surface area contributed by atoms with E-state index in [1.807, 2.05) is 42.5 Å². The highest BCUT2D eigenvalue weighted by molar-refractivity contribution is 7.99. The van der Waals surface area contributed by atoms with E-state index in [0.29, 0.717) is 37.3 Å². The Labute approximate surface area is 378 Å². The van der Waals surface area contributed by atoms with Gasteiger partial charge in [0.1, 0.15) is 4.90 Å². The first kappa shape index (κ1) is 48.8. The fraction of sp³-hybridized carbons (Fsp3) is 0.511. The smallest absolute Gasteiger partial charge is 0.380 e. The minimum Gasteiger partial charge on any atom is -0.380 e. The molecule has 2 atom stereocenters. The van der Waals surface area contributed by atoms with Crippen LogP contribution in [0, 0.1) is 5.41 Å².